The van der Waals surface area contributed by atoms with Crippen LogP contribution in [0.5, 0.6) is 0 Å². The molecule has 1 fully saturated rings. The van der Waals surface area contributed by atoms with E-state index in [1.807, 2.05) is 6.07 Å². The highest BCUT2D eigenvalue weighted by atomic mass is 35.5. The fourth-order valence-electron chi connectivity index (χ4n) is 2.10. The van der Waals surface area contributed by atoms with E-state index in [9.17, 15) is 4.79 Å². The molecular weight excluding hydrogens is 249 g/mol. The second-order valence-corrected chi connectivity index (χ2v) is 4.59. The zero-order valence-corrected chi connectivity index (χ0v) is 9.92. The maximum Gasteiger partial charge on any atom is 0.321 e. The van der Waals surface area contributed by atoms with Crippen molar-refractivity contribution in [1.29, 1.82) is 0 Å². The highest BCUT2D eigenvalue weighted by Gasteiger charge is 2.34. The van der Waals surface area contributed by atoms with Crippen molar-refractivity contribution in [2.75, 3.05) is 6.54 Å². The zero-order valence-electron chi connectivity index (χ0n) is 8.41. The van der Waals surface area contributed by atoms with Crippen LogP contribution in [-0.2, 0) is 4.79 Å². The zero-order chi connectivity index (χ0) is 11.7. The third-order valence-electron chi connectivity index (χ3n) is 2.87. The van der Waals surface area contributed by atoms with Crippen LogP contribution in [0.15, 0.2) is 18.2 Å². The van der Waals surface area contributed by atoms with Crippen LogP contribution < -0.4 is 5.32 Å². The Morgan fingerprint density at radius 3 is 2.88 bits per heavy atom. The number of hydrogen-bond acceptors (Lipinski definition) is 2. The minimum absolute atomic E-state index is 0.108. The average Bonchev–Trinajstić information content (AvgIpc) is 2.70. The van der Waals surface area contributed by atoms with Crippen molar-refractivity contribution in [3.05, 3.63) is 33.8 Å². The summed E-state index contributed by atoms with van der Waals surface area (Å²) < 4.78 is 0. The Balaban J connectivity index is 2.36. The molecule has 1 aromatic rings. The van der Waals surface area contributed by atoms with Gasteiger partial charge in [-0.15, -0.1) is 0 Å². The minimum Gasteiger partial charge on any atom is -0.480 e. The number of nitrogens with one attached hydrogen (secondary N) is 1. The predicted octanol–water partition coefficient (Wildman–Crippen LogP) is 2.52. The van der Waals surface area contributed by atoms with Gasteiger partial charge in [0.1, 0.15) is 6.04 Å². The molecule has 1 heterocycles. The fourth-order valence-corrected chi connectivity index (χ4v) is 2.55. The molecular formula is C11H11Cl2NO2. The lowest BCUT2D eigenvalue weighted by atomic mass is 9.92. The van der Waals surface area contributed by atoms with Crippen molar-refractivity contribution >= 4 is 29.2 Å². The summed E-state index contributed by atoms with van der Waals surface area (Å²) in [7, 11) is 0. The van der Waals surface area contributed by atoms with Gasteiger partial charge in [-0.2, -0.15) is 0 Å². The summed E-state index contributed by atoms with van der Waals surface area (Å²) in [6, 6.07) is 4.75. The molecule has 0 radical (unpaired) electrons. The normalized spacial score (nSPS) is 24.6. The summed E-state index contributed by atoms with van der Waals surface area (Å²) >= 11 is 12.0. The lowest BCUT2D eigenvalue weighted by Gasteiger charge is -2.17. The summed E-state index contributed by atoms with van der Waals surface area (Å²) in [5.41, 5.74) is 0.812. The van der Waals surface area contributed by atoms with Crippen molar-refractivity contribution in [3.8, 4) is 0 Å². The standard InChI is InChI=1S/C11H11Cl2NO2/c12-8-3-1-2-6(9(8)13)7-4-5-14-10(7)11(15)16/h1-3,7,10,14H,4-5H2,(H,15,16). The van der Waals surface area contributed by atoms with Crippen LogP contribution in [0.3, 0.4) is 0 Å². The molecule has 0 aromatic heterocycles. The maximum absolute atomic E-state index is 11.0. The molecule has 2 unspecified atom stereocenters. The molecule has 2 rings (SSSR count). The number of rotatable bonds is 2. The number of carboxylic acids is 1. The molecule has 2 N–H and O–H groups in total. The van der Waals surface area contributed by atoms with Gasteiger partial charge in [0, 0.05) is 5.92 Å². The van der Waals surface area contributed by atoms with Crippen LogP contribution in [0.4, 0.5) is 0 Å². The first-order chi connectivity index (χ1) is 7.61. The second kappa shape index (κ2) is 4.62. The maximum atomic E-state index is 11.0. The summed E-state index contributed by atoms with van der Waals surface area (Å²) in [6.07, 6.45) is 0.761. The first-order valence-electron chi connectivity index (χ1n) is 5.01. The van der Waals surface area contributed by atoms with Gasteiger partial charge in [0.2, 0.25) is 0 Å². The number of halogens is 2. The first-order valence-corrected chi connectivity index (χ1v) is 5.77. The fraction of sp³-hybridized carbons (Fsp3) is 0.364. The summed E-state index contributed by atoms with van der Waals surface area (Å²) in [5.74, 6) is -0.956. The van der Waals surface area contributed by atoms with Gasteiger partial charge in [-0.25, -0.2) is 0 Å². The van der Waals surface area contributed by atoms with Gasteiger partial charge < -0.3 is 10.4 Å². The van der Waals surface area contributed by atoms with E-state index >= 15 is 0 Å². The van der Waals surface area contributed by atoms with Crippen LogP contribution in [0.1, 0.15) is 17.9 Å². The van der Waals surface area contributed by atoms with Crippen LogP contribution in [0, 0.1) is 0 Å². The molecule has 16 heavy (non-hydrogen) atoms. The average molecular weight is 260 g/mol. The Kier molecular flexibility index (Phi) is 3.38. The van der Waals surface area contributed by atoms with Gasteiger partial charge in [0.25, 0.3) is 0 Å². The summed E-state index contributed by atoms with van der Waals surface area (Å²) in [6.45, 7) is 0.685. The van der Waals surface area contributed by atoms with Crippen molar-refractivity contribution in [1.82, 2.24) is 5.32 Å². The van der Waals surface area contributed by atoms with Gasteiger partial charge in [0.05, 0.1) is 10.0 Å². The lowest BCUT2D eigenvalue weighted by Crippen LogP contribution is -2.34. The number of aliphatic carboxylic acids is 1. The molecule has 0 bridgehead atoms. The molecule has 1 aliphatic rings. The smallest absolute Gasteiger partial charge is 0.321 e. The topological polar surface area (TPSA) is 49.3 Å². The van der Waals surface area contributed by atoms with Crippen LogP contribution in [-0.4, -0.2) is 23.7 Å². The largest absolute Gasteiger partial charge is 0.480 e. The molecule has 86 valence electrons. The molecule has 1 saturated heterocycles. The SMILES string of the molecule is O=C(O)C1NCCC1c1cccc(Cl)c1Cl. The van der Waals surface area contributed by atoms with E-state index in [1.165, 1.54) is 0 Å². The number of carbonyl (C=O) groups is 1. The van der Waals surface area contributed by atoms with Crippen LogP contribution in [0.2, 0.25) is 10.0 Å². The Hall–Kier alpha value is -0.770. The van der Waals surface area contributed by atoms with Crippen molar-refractivity contribution in [3.63, 3.8) is 0 Å². The predicted molar refractivity (Wildman–Crippen MR) is 63.2 cm³/mol. The van der Waals surface area contributed by atoms with E-state index in [4.69, 9.17) is 28.3 Å². The van der Waals surface area contributed by atoms with Gasteiger partial charge >= 0.3 is 5.97 Å². The minimum atomic E-state index is -0.849. The van der Waals surface area contributed by atoms with Gasteiger partial charge in [-0.1, -0.05) is 35.3 Å². The number of hydrogen-bond donors (Lipinski definition) is 2. The van der Waals surface area contributed by atoms with Crippen LogP contribution >= 0.6 is 23.2 Å². The Bertz CT molecular complexity index is 422. The molecule has 3 nitrogen and oxygen atoms in total. The molecule has 5 heteroatoms. The lowest BCUT2D eigenvalue weighted by molar-refractivity contribution is -0.139. The van der Waals surface area contributed by atoms with Gasteiger partial charge in [0.15, 0.2) is 0 Å². The van der Waals surface area contributed by atoms with E-state index < -0.39 is 12.0 Å². The molecule has 0 aliphatic carbocycles. The number of benzene rings is 1. The second-order valence-electron chi connectivity index (χ2n) is 3.81. The van der Waals surface area contributed by atoms with E-state index in [-0.39, 0.29) is 5.92 Å². The molecule has 0 amide bonds. The monoisotopic (exact) mass is 259 g/mol. The molecule has 2 atom stereocenters. The van der Waals surface area contributed by atoms with Gasteiger partial charge in [-0.05, 0) is 24.6 Å². The Morgan fingerprint density at radius 2 is 2.19 bits per heavy atom. The Labute approximate surface area is 103 Å². The van der Waals surface area contributed by atoms with Crippen LogP contribution in [0.25, 0.3) is 0 Å². The Morgan fingerprint density at radius 1 is 1.44 bits per heavy atom. The van der Waals surface area contributed by atoms with Crippen molar-refractivity contribution in [2.45, 2.75) is 18.4 Å². The van der Waals surface area contributed by atoms with Crippen molar-refractivity contribution in [2.24, 2.45) is 0 Å². The number of carboxylic acid groups (broad SMARTS) is 1. The molecule has 1 aromatic carbocycles. The van der Waals surface area contributed by atoms with E-state index in [0.717, 1.165) is 12.0 Å². The molecule has 0 spiro atoms. The third kappa shape index (κ3) is 2.03. The third-order valence-corrected chi connectivity index (χ3v) is 3.70. The summed E-state index contributed by atoms with van der Waals surface area (Å²) in [4.78, 5) is 11.0. The molecule has 0 saturated carbocycles. The van der Waals surface area contributed by atoms with Gasteiger partial charge in [-0.3, -0.25) is 4.79 Å². The highest BCUT2D eigenvalue weighted by molar-refractivity contribution is 6.42. The first kappa shape index (κ1) is 11.7. The van der Waals surface area contributed by atoms with E-state index in [2.05, 4.69) is 5.32 Å². The van der Waals surface area contributed by atoms with Crippen molar-refractivity contribution < 1.29 is 9.90 Å². The summed E-state index contributed by atoms with van der Waals surface area (Å²) in [5, 5.41) is 12.9. The highest BCUT2D eigenvalue weighted by Crippen LogP contribution is 2.36. The molecule has 1 aliphatic heterocycles. The quantitative estimate of drug-likeness (QED) is 0.859. The van der Waals surface area contributed by atoms with E-state index in [0.29, 0.717) is 16.6 Å². The van der Waals surface area contributed by atoms with E-state index in [1.54, 1.807) is 12.1 Å².